The van der Waals surface area contributed by atoms with E-state index in [4.69, 9.17) is 4.74 Å². The number of ketones is 1. The molecular formula is C33H39N5O3. The second kappa shape index (κ2) is 12.6. The third-order valence-electron chi connectivity index (χ3n) is 7.99. The number of imidazole rings is 1. The molecule has 0 bridgehead atoms. The van der Waals surface area contributed by atoms with Gasteiger partial charge >= 0.3 is 5.69 Å². The molecule has 1 unspecified atom stereocenters. The molecule has 2 saturated heterocycles. The number of aromatic amines is 1. The first-order chi connectivity index (χ1) is 19.9. The molecule has 2 aliphatic rings. The molecule has 8 heteroatoms. The number of benzene rings is 1. The average Bonchev–Trinajstić information content (AvgIpc) is 3.69. The first kappa shape index (κ1) is 28.4. The Morgan fingerprint density at radius 1 is 1.20 bits per heavy atom. The van der Waals surface area contributed by atoms with Gasteiger partial charge in [0.05, 0.1) is 16.8 Å². The number of Topliss-reactive ketones (excluding diaryl/α,β-unsaturated/α-hetero) is 1. The average molecular weight is 554 g/mol. The van der Waals surface area contributed by atoms with Gasteiger partial charge in [0.1, 0.15) is 5.70 Å². The molecule has 41 heavy (non-hydrogen) atoms. The molecule has 5 rings (SSSR count). The fraction of sp³-hybridized carbons (Fsp3) is 0.364. The number of allylic oxidation sites excluding steroid dienone is 4. The van der Waals surface area contributed by atoms with E-state index >= 15 is 0 Å². The number of likely N-dealkylation sites (tertiary alicyclic amines) is 1. The summed E-state index contributed by atoms with van der Waals surface area (Å²) in [6.45, 7) is 15.0. The van der Waals surface area contributed by atoms with Crippen molar-refractivity contribution in [3.8, 4) is 0 Å². The quantitative estimate of drug-likeness (QED) is 0.187. The zero-order chi connectivity index (χ0) is 28.9. The molecule has 0 saturated carbocycles. The van der Waals surface area contributed by atoms with Crippen molar-refractivity contribution >= 4 is 35.6 Å². The highest BCUT2D eigenvalue weighted by Gasteiger charge is 2.25. The highest BCUT2D eigenvalue weighted by molar-refractivity contribution is 6.16. The number of nitrogens with zero attached hydrogens (tertiary/aromatic N) is 4. The highest BCUT2D eigenvalue weighted by atomic mass is 16.5. The van der Waals surface area contributed by atoms with Crippen molar-refractivity contribution in [2.24, 2.45) is 4.99 Å². The minimum absolute atomic E-state index is 0.0588. The van der Waals surface area contributed by atoms with E-state index in [9.17, 15) is 9.59 Å². The Morgan fingerprint density at radius 2 is 1.98 bits per heavy atom. The minimum Gasteiger partial charge on any atom is -0.376 e. The van der Waals surface area contributed by atoms with Crippen LogP contribution >= 0.6 is 0 Å². The monoisotopic (exact) mass is 553 g/mol. The van der Waals surface area contributed by atoms with Gasteiger partial charge in [-0.3, -0.25) is 14.4 Å². The van der Waals surface area contributed by atoms with E-state index in [1.54, 1.807) is 12.3 Å². The van der Waals surface area contributed by atoms with Crippen LogP contribution in [0, 0.1) is 0 Å². The molecule has 8 nitrogen and oxygen atoms in total. The maximum atomic E-state index is 13.9. The molecule has 4 heterocycles. The van der Waals surface area contributed by atoms with Gasteiger partial charge in [-0.25, -0.2) is 4.79 Å². The Labute approximate surface area is 240 Å². The van der Waals surface area contributed by atoms with Crippen molar-refractivity contribution in [1.82, 2.24) is 19.0 Å². The molecule has 2 aromatic heterocycles. The molecule has 3 aromatic rings. The van der Waals surface area contributed by atoms with E-state index in [2.05, 4.69) is 32.6 Å². The molecule has 214 valence electrons. The van der Waals surface area contributed by atoms with Crippen molar-refractivity contribution in [1.29, 1.82) is 0 Å². The number of aromatic nitrogens is 3. The number of fused-ring (bicyclic) bond motifs is 1. The Kier molecular flexibility index (Phi) is 8.69. The van der Waals surface area contributed by atoms with Crippen LogP contribution in [0.1, 0.15) is 55.9 Å². The van der Waals surface area contributed by atoms with Gasteiger partial charge in [0.25, 0.3) is 0 Å². The Hall–Kier alpha value is -4.17. The number of piperidine rings is 1. The van der Waals surface area contributed by atoms with E-state index in [0.717, 1.165) is 60.8 Å². The molecular weight excluding hydrogens is 514 g/mol. The van der Waals surface area contributed by atoms with Crippen LogP contribution in [0.5, 0.6) is 0 Å². The number of hydrogen-bond acceptors (Lipinski definition) is 5. The zero-order valence-electron chi connectivity index (χ0n) is 24.0. The predicted molar refractivity (Wildman–Crippen MR) is 166 cm³/mol. The van der Waals surface area contributed by atoms with Gasteiger partial charge in [0, 0.05) is 66.9 Å². The van der Waals surface area contributed by atoms with Crippen LogP contribution in [-0.2, 0) is 11.3 Å². The molecule has 1 aromatic carbocycles. The fourth-order valence-electron chi connectivity index (χ4n) is 5.92. The number of para-hydroxylation sites is 1. The number of carbonyl (C=O) groups is 1. The lowest BCUT2D eigenvalue weighted by molar-refractivity contribution is 0.0975. The summed E-state index contributed by atoms with van der Waals surface area (Å²) in [6, 6.07) is 8.05. The maximum Gasteiger partial charge on any atom is 0.326 e. The molecule has 0 aliphatic carbocycles. The third kappa shape index (κ3) is 5.98. The molecule has 1 N–H and O–H groups in total. The van der Waals surface area contributed by atoms with Crippen LogP contribution in [-0.4, -0.2) is 56.8 Å². The molecule has 1 atom stereocenters. The summed E-state index contributed by atoms with van der Waals surface area (Å²) in [6.07, 6.45) is 15.0. The maximum absolute atomic E-state index is 13.9. The van der Waals surface area contributed by atoms with Crippen molar-refractivity contribution in [2.45, 2.75) is 58.2 Å². The summed E-state index contributed by atoms with van der Waals surface area (Å²) in [7, 11) is 0. The number of aliphatic imine (C=N–C) groups is 1. The standard InChI is InChI=1S/C33H39N5O3/c1-5-7-13-30-24(4)35-33(40)38(30)25-15-17-36(18-16-25)23(3)20-29(34-6-2)32(39)28-22-37(21-26-11-10-19-41-26)31-14-9-8-12-27(28)31/h5-9,12-14,20,22,25-26H,3-4,10-11,15-19,21H2,1-2H3,(H,35,40)/b7-5-,29-20-,30-13+,34-6?. The van der Waals surface area contributed by atoms with Crippen molar-refractivity contribution < 1.29 is 9.53 Å². The Bertz CT molecular complexity index is 1690. The minimum atomic E-state index is -0.133. The van der Waals surface area contributed by atoms with Crippen molar-refractivity contribution in [2.75, 3.05) is 19.7 Å². The first-order valence-corrected chi connectivity index (χ1v) is 14.4. The number of ether oxygens (including phenoxy) is 1. The van der Waals surface area contributed by atoms with Gasteiger partial charge in [-0.2, -0.15) is 0 Å². The zero-order valence-corrected chi connectivity index (χ0v) is 24.0. The van der Waals surface area contributed by atoms with Crippen LogP contribution in [0.15, 0.2) is 76.5 Å². The third-order valence-corrected chi connectivity index (χ3v) is 7.99. The van der Waals surface area contributed by atoms with Crippen LogP contribution in [0.2, 0.25) is 0 Å². The first-order valence-electron chi connectivity index (χ1n) is 14.4. The fourth-order valence-corrected chi connectivity index (χ4v) is 5.92. The molecule has 0 radical (unpaired) electrons. The number of hydrogen-bond donors (Lipinski definition) is 1. The summed E-state index contributed by atoms with van der Waals surface area (Å²) in [4.78, 5) is 36.0. The SMILES string of the molecule is C=C(/C=C(\N=CC)C(=O)c1cn(CC2CCCO2)c2ccccc12)N1CCC(n2c(=O)[nH]c(=C)/c2=C\C=C/C)CC1. The van der Waals surface area contributed by atoms with Crippen LogP contribution in [0.4, 0.5) is 0 Å². The van der Waals surface area contributed by atoms with E-state index in [-0.39, 0.29) is 23.6 Å². The van der Waals surface area contributed by atoms with Gasteiger partial charge in [0.15, 0.2) is 0 Å². The predicted octanol–water partition coefficient (Wildman–Crippen LogP) is 4.09. The summed E-state index contributed by atoms with van der Waals surface area (Å²) in [5.41, 5.74) is 2.60. The highest BCUT2D eigenvalue weighted by Crippen LogP contribution is 2.28. The Morgan fingerprint density at radius 3 is 2.68 bits per heavy atom. The smallest absolute Gasteiger partial charge is 0.326 e. The molecule has 0 amide bonds. The van der Waals surface area contributed by atoms with Gasteiger partial charge in [-0.15, -0.1) is 0 Å². The lowest BCUT2D eigenvalue weighted by Crippen LogP contribution is -2.41. The molecule has 2 aliphatic heterocycles. The number of nitrogens with one attached hydrogen (secondary N) is 1. The summed E-state index contributed by atoms with van der Waals surface area (Å²) in [5.74, 6) is -0.132. The van der Waals surface area contributed by atoms with Crippen molar-refractivity contribution in [3.05, 3.63) is 93.4 Å². The van der Waals surface area contributed by atoms with Gasteiger partial charge in [-0.1, -0.05) is 43.5 Å². The lowest BCUT2D eigenvalue weighted by Gasteiger charge is -2.34. The summed E-state index contributed by atoms with van der Waals surface area (Å²) in [5, 5.41) is 2.35. The number of carbonyl (C=O) groups excluding carboxylic acids is 1. The Balaban J connectivity index is 1.35. The second-order valence-electron chi connectivity index (χ2n) is 10.7. The van der Waals surface area contributed by atoms with Crippen molar-refractivity contribution in [3.63, 3.8) is 0 Å². The van der Waals surface area contributed by atoms with Crippen LogP contribution in [0.25, 0.3) is 23.6 Å². The summed E-state index contributed by atoms with van der Waals surface area (Å²) >= 11 is 0. The molecule has 2 fully saturated rings. The number of H-pyrrole nitrogens is 1. The van der Waals surface area contributed by atoms with Gasteiger partial charge in [-0.05, 0) is 57.7 Å². The van der Waals surface area contributed by atoms with E-state index in [1.807, 2.05) is 67.1 Å². The lowest BCUT2D eigenvalue weighted by atomic mass is 10.0. The normalized spacial score (nSPS) is 19.4. The topological polar surface area (TPSA) is 84.6 Å². The largest absolute Gasteiger partial charge is 0.376 e. The van der Waals surface area contributed by atoms with Gasteiger partial charge < -0.3 is 19.2 Å². The van der Waals surface area contributed by atoms with E-state index < -0.39 is 0 Å². The molecule has 0 spiro atoms. The summed E-state index contributed by atoms with van der Waals surface area (Å²) < 4.78 is 9.82. The van der Waals surface area contributed by atoms with Crippen LogP contribution < -0.4 is 16.4 Å². The van der Waals surface area contributed by atoms with Crippen LogP contribution in [0.3, 0.4) is 0 Å². The second-order valence-corrected chi connectivity index (χ2v) is 10.7. The van der Waals surface area contributed by atoms with Gasteiger partial charge in [0.2, 0.25) is 5.78 Å². The van der Waals surface area contributed by atoms with E-state index in [1.165, 1.54) is 0 Å². The van der Waals surface area contributed by atoms with E-state index in [0.29, 0.717) is 29.7 Å². The number of rotatable bonds is 9.